The summed E-state index contributed by atoms with van der Waals surface area (Å²) in [6.07, 6.45) is 5.47. The Morgan fingerprint density at radius 3 is 2.48 bits per heavy atom. The van der Waals surface area contributed by atoms with Crippen molar-refractivity contribution in [1.29, 1.82) is 0 Å². The van der Waals surface area contributed by atoms with Gasteiger partial charge in [0.25, 0.3) is 5.91 Å². The summed E-state index contributed by atoms with van der Waals surface area (Å²) in [6, 6.07) is 14.0. The summed E-state index contributed by atoms with van der Waals surface area (Å²) in [7, 11) is 2.08. The molecule has 1 aromatic carbocycles. The van der Waals surface area contributed by atoms with Crippen LogP contribution in [0.25, 0.3) is 11.3 Å². The van der Waals surface area contributed by atoms with Crippen LogP contribution in [0.15, 0.2) is 61.1 Å². The monoisotopic (exact) mass is 361 g/mol. The molecule has 1 fully saturated rings. The number of nitrogens with zero attached hydrogens (tertiary/aromatic N) is 5. The highest BCUT2D eigenvalue weighted by molar-refractivity contribution is 5.94. The molecule has 0 radical (unpaired) electrons. The van der Waals surface area contributed by atoms with Gasteiger partial charge in [0.05, 0.1) is 24.0 Å². The lowest BCUT2D eigenvalue weighted by Gasteiger charge is -2.32. The Morgan fingerprint density at radius 2 is 1.78 bits per heavy atom. The molecule has 0 N–H and O–H groups in total. The number of pyridine rings is 1. The smallest absolute Gasteiger partial charge is 0.255 e. The molecule has 3 heterocycles. The van der Waals surface area contributed by atoms with Gasteiger partial charge in [-0.1, -0.05) is 30.3 Å². The van der Waals surface area contributed by atoms with Gasteiger partial charge in [-0.15, -0.1) is 0 Å². The predicted molar refractivity (Wildman–Crippen MR) is 104 cm³/mol. The van der Waals surface area contributed by atoms with Gasteiger partial charge < -0.3 is 9.80 Å². The van der Waals surface area contributed by atoms with E-state index >= 15 is 0 Å². The molecular weight excluding hydrogens is 338 g/mol. The highest BCUT2D eigenvalue weighted by Crippen LogP contribution is 2.18. The second-order valence-corrected chi connectivity index (χ2v) is 6.94. The van der Waals surface area contributed by atoms with Gasteiger partial charge in [-0.05, 0) is 24.7 Å². The van der Waals surface area contributed by atoms with E-state index in [1.54, 1.807) is 6.20 Å². The Balaban J connectivity index is 1.44. The summed E-state index contributed by atoms with van der Waals surface area (Å²) < 4.78 is 1.90. The molecule has 0 aliphatic carbocycles. The number of rotatable bonds is 4. The molecule has 0 unspecified atom stereocenters. The highest BCUT2D eigenvalue weighted by Gasteiger charge is 2.20. The first-order valence-corrected chi connectivity index (χ1v) is 9.20. The van der Waals surface area contributed by atoms with E-state index in [2.05, 4.69) is 34.2 Å². The van der Waals surface area contributed by atoms with Gasteiger partial charge in [-0.3, -0.25) is 14.5 Å². The molecule has 1 aliphatic rings. The van der Waals surface area contributed by atoms with Crippen molar-refractivity contribution < 1.29 is 4.79 Å². The lowest BCUT2D eigenvalue weighted by molar-refractivity contribution is 0.0663. The maximum absolute atomic E-state index is 12.6. The summed E-state index contributed by atoms with van der Waals surface area (Å²) in [5.74, 6) is 0.0573. The fourth-order valence-electron chi connectivity index (χ4n) is 3.24. The molecule has 1 aliphatic heterocycles. The zero-order valence-corrected chi connectivity index (χ0v) is 15.5. The van der Waals surface area contributed by atoms with E-state index in [0.29, 0.717) is 5.56 Å². The van der Waals surface area contributed by atoms with Crippen LogP contribution < -0.4 is 0 Å². The number of carbonyl (C=O) groups is 1. The largest absolute Gasteiger partial charge is 0.336 e. The van der Waals surface area contributed by atoms with Crippen LogP contribution >= 0.6 is 0 Å². The average molecular weight is 361 g/mol. The van der Waals surface area contributed by atoms with E-state index < -0.39 is 0 Å². The van der Waals surface area contributed by atoms with Crippen molar-refractivity contribution >= 4 is 5.91 Å². The topological polar surface area (TPSA) is 54.3 Å². The minimum absolute atomic E-state index is 0.0573. The lowest BCUT2D eigenvalue weighted by atomic mass is 10.1. The third-order valence-corrected chi connectivity index (χ3v) is 4.92. The van der Waals surface area contributed by atoms with Gasteiger partial charge in [0.2, 0.25) is 0 Å². The average Bonchev–Trinajstić information content (AvgIpc) is 3.17. The Kier molecular flexibility index (Phi) is 4.98. The summed E-state index contributed by atoms with van der Waals surface area (Å²) in [5, 5.41) is 4.42. The van der Waals surface area contributed by atoms with Crippen LogP contribution in [0.3, 0.4) is 0 Å². The molecule has 0 atom stereocenters. The van der Waals surface area contributed by atoms with Crippen molar-refractivity contribution in [3.8, 4) is 11.3 Å². The first-order valence-electron chi connectivity index (χ1n) is 9.20. The zero-order valence-electron chi connectivity index (χ0n) is 15.5. The molecule has 27 heavy (non-hydrogen) atoms. The third-order valence-electron chi connectivity index (χ3n) is 4.92. The SMILES string of the molecule is CN1CCN(C(=O)c2ccc(-c3cnn(Cc4ccccc4)c3)nc2)CC1. The fraction of sp³-hybridized carbons (Fsp3) is 0.286. The van der Waals surface area contributed by atoms with Crippen molar-refractivity contribution in [2.45, 2.75) is 6.54 Å². The van der Waals surface area contributed by atoms with Gasteiger partial charge in [-0.2, -0.15) is 5.10 Å². The number of benzene rings is 1. The number of piperazine rings is 1. The van der Waals surface area contributed by atoms with E-state index in [-0.39, 0.29) is 5.91 Å². The molecule has 1 amide bonds. The van der Waals surface area contributed by atoms with Gasteiger partial charge in [0.1, 0.15) is 0 Å². The molecule has 138 valence electrons. The number of likely N-dealkylation sites (N-methyl/N-ethyl adjacent to an activating group) is 1. The molecular formula is C21H23N5O. The maximum Gasteiger partial charge on any atom is 0.255 e. The Bertz CT molecular complexity index is 896. The van der Waals surface area contributed by atoms with Crippen LogP contribution in [-0.2, 0) is 6.54 Å². The molecule has 0 saturated carbocycles. The maximum atomic E-state index is 12.6. The Hall–Kier alpha value is -2.99. The lowest BCUT2D eigenvalue weighted by Crippen LogP contribution is -2.47. The van der Waals surface area contributed by atoms with Crippen LogP contribution in [0.1, 0.15) is 15.9 Å². The highest BCUT2D eigenvalue weighted by atomic mass is 16.2. The molecule has 3 aromatic rings. The second-order valence-electron chi connectivity index (χ2n) is 6.94. The minimum Gasteiger partial charge on any atom is -0.336 e. The van der Waals surface area contributed by atoms with Crippen LogP contribution in [0.5, 0.6) is 0 Å². The normalized spacial score (nSPS) is 15.1. The van der Waals surface area contributed by atoms with Gasteiger partial charge in [0.15, 0.2) is 0 Å². The minimum atomic E-state index is 0.0573. The third kappa shape index (κ3) is 4.06. The van der Waals surface area contributed by atoms with Crippen molar-refractivity contribution in [3.05, 3.63) is 72.2 Å². The standard InChI is InChI=1S/C21H23N5O/c1-24-9-11-25(12-10-24)21(27)18-7-8-20(22-13-18)19-14-23-26(16-19)15-17-5-3-2-4-6-17/h2-8,13-14,16H,9-12,15H2,1H3. The van der Waals surface area contributed by atoms with Crippen LogP contribution in [-0.4, -0.2) is 63.7 Å². The van der Waals surface area contributed by atoms with Crippen LogP contribution in [0, 0.1) is 0 Å². The number of aromatic nitrogens is 3. The fourth-order valence-corrected chi connectivity index (χ4v) is 3.24. The molecule has 2 aromatic heterocycles. The van der Waals surface area contributed by atoms with Crippen molar-refractivity contribution in [1.82, 2.24) is 24.6 Å². The second kappa shape index (κ2) is 7.72. The van der Waals surface area contributed by atoms with Gasteiger partial charge in [-0.25, -0.2) is 0 Å². The molecule has 6 nitrogen and oxygen atoms in total. The van der Waals surface area contributed by atoms with Crippen molar-refractivity contribution in [2.75, 3.05) is 33.2 Å². The van der Waals surface area contributed by atoms with Crippen molar-refractivity contribution in [2.24, 2.45) is 0 Å². The summed E-state index contributed by atoms with van der Waals surface area (Å²) in [4.78, 5) is 21.2. The van der Waals surface area contributed by atoms with Gasteiger partial charge >= 0.3 is 0 Å². The van der Waals surface area contributed by atoms with E-state index in [1.165, 1.54) is 5.56 Å². The number of carbonyl (C=O) groups excluding carboxylic acids is 1. The van der Waals surface area contributed by atoms with E-state index in [1.807, 2.05) is 52.3 Å². The number of amides is 1. The van der Waals surface area contributed by atoms with Crippen molar-refractivity contribution in [3.63, 3.8) is 0 Å². The van der Waals surface area contributed by atoms with Crippen LogP contribution in [0.2, 0.25) is 0 Å². The Morgan fingerprint density at radius 1 is 1.00 bits per heavy atom. The molecule has 4 rings (SSSR count). The first-order chi connectivity index (χ1) is 13.2. The quantitative estimate of drug-likeness (QED) is 0.716. The van der Waals surface area contributed by atoms with E-state index in [9.17, 15) is 4.79 Å². The zero-order chi connectivity index (χ0) is 18.6. The van der Waals surface area contributed by atoms with Crippen LogP contribution in [0.4, 0.5) is 0 Å². The molecule has 6 heteroatoms. The molecule has 0 spiro atoms. The van der Waals surface area contributed by atoms with Gasteiger partial charge in [0, 0.05) is 44.1 Å². The summed E-state index contributed by atoms with van der Waals surface area (Å²) in [6.45, 7) is 4.09. The summed E-state index contributed by atoms with van der Waals surface area (Å²) >= 11 is 0. The number of hydrogen-bond acceptors (Lipinski definition) is 4. The molecule has 0 bridgehead atoms. The predicted octanol–water partition coefficient (Wildman–Crippen LogP) is 2.38. The van der Waals surface area contributed by atoms with E-state index in [4.69, 9.17) is 0 Å². The Labute approximate surface area is 159 Å². The molecule has 1 saturated heterocycles. The van der Waals surface area contributed by atoms with E-state index in [0.717, 1.165) is 44.0 Å². The first kappa shape index (κ1) is 17.4. The summed E-state index contributed by atoms with van der Waals surface area (Å²) in [5.41, 5.74) is 3.61. The number of hydrogen-bond donors (Lipinski definition) is 0.